The highest BCUT2D eigenvalue weighted by Crippen LogP contribution is 2.43. The third-order valence-corrected chi connectivity index (χ3v) is 7.33. The fraction of sp³-hybridized carbons (Fsp3) is 0.333. The van der Waals surface area contributed by atoms with Crippen molar-refractivity contribution >= 4 is 23.3 Å². The predicted octanol–water partition coefficient (Wildman–Crippen LogP) is 5.64. The normalized spacial score (nSPS) is 16.9. The molecule has 0 bridgehead atoms. The van der Waals surface area contributed by atoms with Gasteiger partial charge in [-0.15, -0.1) is 10.2 Å². The lowest BCUT2D eigenvalue weighted by Crippen LogP contribution is -2.33. The second kappa shape index (κ2) is 9.81. The van der Waals surface area contributed by atoms with Crippen LogP contribution in [-0.4, -0.2) is 43.8 Å². The minimum Gasteiger partial charge on any atom is -0.447 e. The Hall–Kier alpha value is -3.59. The Morgan fingerprint density at radius 3 is 2.58 bits per heavy atom. The number of rotatable bonds is 5. The lowest BCUT2D eigenvalue weighted by Gasteiger charge is -2.31. The number of piperidine rings is 1. The van der Waals surface area contributed by atoms with E-state index in [-0.39, 0.29) is 0 Å². The number of fused-ring (bicyclic) bond motifs is 3. The van der Waals surface area contributed by atoms with E-state index in [1.807, 2.05) is 24.3 Å². The molecule has 2 aromatic heterocycles. The molecule has 0 spiro atoms. The van der Waals surface area contributed by atoms with E-state index in [0.717, 1.165) is 65.7 Å². The molecule has 0 saturated carbocycles. The summed E-state index contributed by atoms with van der Waals surface area (Å²) in [6.07, 6.45) is 3.09. The highest BCUT2D eigenvalue weighted by Gasteiger charge is 2.33. The lowest BCUT2D eigenvalue weighted by molar-refractivity contribution is 0.224. The van der Waals surface area contributed by atoms with Gasteiger partial charge in [-0.05, 0) is 50.1 Å². The fourth-order valence-electron chi connectivity index (χ4n) is 4.96. The quantitative estimate of drug-likeness (QED) is 0.354. The number of ether oxygens (including phenoxy) is 1. The van der Waals surface area contributed by atoms with Gasteiger partial charge in [-0.25, -0.2) is 4.68 Å². The molecule has 1 fully saturated rings. The molecule has 0 amide bonds. The number of hydrogen-bond donors (Lipinski definition) is 1. The number of aromatic nitrogens is 5. The van der Waals surface area contributed by atoms with Crippen molar-refractivity contribution in [2.45, 2.75) is 44.5 Å². The number of nitrogens with one attached hydrogen (secondary N) is 1. The van der Waals surface area contributed by atoms with Crippen LogP contribution in [0.5, 0.6) is 5.88 Å². The Balaban J connectivity index is 1.52. The van der Waals surface area contributed by atoms with Crippen molar-refractivity contribution in [2.75, 3.05) is 29.1 Å². The molecule has 1 unspecified atom stereocenters. The number of thioether (sulfide) groups is 1. The van der Waals surface area contributed by atoms with Crippen LogP contribution in [0.15, 0.2) is 59.8 Å². The summed E-state index contributed by atoms with van der Waals surface area (Å²) in [5, 5.41) is 18.1. The summed E-state index contributed by atoms with van der Waals surface area (Å²) in [5.41, 5.74) is 5.48. The van der Waals surface area contributed by atoms with Gasteiger partial charge in [0.15, 0.2) is 5.69 Å². The van der Waals surface area contributed by atoms with Gasteiger partial charge in [0.05, 0.1) is 16.9 Å². The number of para-hydroxylation sites is 2. The number of nitrogens with zero attached hydrogens (tertiary/aromatic N) is 6. The van der Waals surface area contributed by atoms with Crippen LogP contribution in [-0.2, 0) is 0 Å². The first-order valence-corrected chi connectivity index (χ1v) is 13.5. The van der Waals surface area contributed by atoms with Crippen LogP contribution in [0.1, 0.15) is 43.7 Å². The van der Waals surface area contributed by atoms with Crippen molar-refractivity contribution in [3.63, 3.8) is 0 Å². The van der Waals surface area contributed by atoms with E-state index in [2.05, 4.69) is 69.3 Å². The standard InChI is InChI=1S/C27H29N7OS/c1-3-36-27-29-25-23(30-31-27)20-14-8-9-15-21(20)28-24(35-25)22-18(2)32-34(19-12-6-4-7-13-19)26(22)33-16-10-5-11-17-33/h4,6-9,12-15,24,28H,3,5,10-11,16-17H2,1-2H3. The van der Waals surface area contributed by atoms with E-state index in [1.165, 1.54) is 6.42 Å². The van der Waals surface area contributed by atoms with Crippen molar-refractivity contribution in [1.29, 1.82) is 0 Å². The molecule has 0 radical (unpaired) electrons. The highest BCUT2D eigenvalue weighted by molar-refractivity contribution is 7.99. The summed E-state index contributed by atoms with van der Waals surface area (Å²) in [6.45, 7) is 6.12. The smallest absolute Gasteiger partial charge is 0.247 e. The Morgan fingerprint density at radius 2 is 1.78 bits per heavy atom. The molecule has 1 N–H and O–H groups in total. The fourth-order valence-corrected chi connectivity index (χ4v) is 5.47. The summed E-state index contributed by atoms with van der Waals surface area (Å²) in [5.74, 6) is 2.42. The predicted molar refractivity (Wildman–Crippen MR) is 143 cm³/mol. The monoisotopic (exact) mass is 499 g/mol. The highest BCUT2D eigenvalue weighted by atomic mass is 32.2. The second-order valence-electron chi connectivity index (χ2n) is 8.99. The molecule has 184 valence electrons. The van der Waals surface area contributed by atoms with Gasteiger partial charge in [0, 0.05) is 24.3 Å². The number of benzene rings is 2. The molecule has 2 aliphatic rings. The van der Waals surface area contributed by atoms with Crippen molar-refractivity contribution in [2.24, 2.45) is 0 Å². The lowest BCUT2D eigenvalue weighted by atomic mass is 10.1. The second-order valence-corrected chi connectivity index (χ2v) is 10.2. The molecule has 1 saturated heterocycles. The summed E-state index contributed by atoms with van der Waals surface area (Å²) in [7, 11) is 0. The van der Waals surface area contributed by atoms with Crippen LogP contribution >= 0.6 is 11.8 Å². The Morgan fingerprint density at radius 1 is 1.00 bits per heavy atom. The summed E-state index contributed by atoms with van der Waals surface area (Å²) in [6, 6.07) is 18.4. The minimum absolute atomic E-state index is 0.486. The van der Waals surface area contributed by atoms with Gasteiger partial charge >= 0.3 is 0 Å². The van der Waals surface area contributed by atoms with Gasteiger partial charge in [-0.2, -0.15) is 10.1 Å². The first-order chi connectivity index (χ1) is 17.7. The molecule has 1 atom stereocenters. The molecule has 9 heteroatoms. The van der Waals surface area contributed by atoms with Crippen molar-refractivity contribution in [3.8, 4) is 22.8 Å². The van der Waals surface area contributed by atoms with Gasteiger partial charge in [0.2, 0.25) is 17.3 Å². The third-order valence-electron chi connectivity index (χ3n) is 6.61. The number of anilines is 2. The molecule has 2 aromatic carbocycles. The van der Waals surface area contributed by atoms with Gasteiger partial charge in [-0.1, -0.05) is 55.1 Å². The molecular formula is C27H29N7OS. The van der Waals surface area contributed by atoms with Gasteiger partial charge in [0.1, 0.15) is 5.82 Å². The van der Waals surface area contributed by atoms with Crippen LogP contribution < -0.4 is 15.0 Å². The Labute approximate surface area is 215 Å². The molecule has 0 aliphatic carbocycles. The van der Waals surface area contributed by atoms with Crippen molar-refractivity contribution in [1.82, 2.24) is 25.0 Å². The molecule has 4 heterocycles. The zero-order valence-corrected chi connectivity index (χ0v) is 21.3. The summed E-state index contributed by atoms with van der Waals surface area (Å²) >= 11 is 1.55. The minimum atomic E-state index is -0.488. The Bertz CT molecular complexity index is 1370. The maximum atomic E-state index is 6.66. The summed E-state index contributed by atoms with van der Waals surface area (Å²) in [4.78, 5) is 7.21. The topological polar surface area (TPSA) is 81.0 Å². The maximum Gasteiger partial charge on any atom is 0.247 e. The van der Waals surface area contributed by atoms with Gasteiger partial charge in [-0.3, -0.25) is 0 Å². The summed E-state index contributed by atoms with van der Waals surface area (Å²) < 4.78 is 8.72. The maximum absolute atomic E-state index is 6.66. The third kappa shape index (κ3) is 4.17. The van der Waals surface area contributed by atoms with E-state index >= 15 is 0 Å². The molecule has 8 nitrogen and oxygen atoms in total. The SMILES string of the molecule is CCSc1nnc2c(n1)OC(c1c(C)nn(-c3ccccc3)c1N1CCCCC1)Nc1ccccc1-2. The van der Waals surface area contributed by atoms with Gasteiger partial charge < -0.3 is 15.0 Å². The van der Waals surface area contributed by atoms with Crippen LogP contribution in [0.2, 0.25) is 0 Å². The van der Waals surface area contributed by atoms with E-state index in [4.69, 9.17) is 14.8 Å². The largest absolute Gasteiger partial charge is 0.447 e. The van der Waals surface area contributed by atoms with Crippen LogP contribution in [0, 0.1) is 6.92 Å². The van der Waals surface area contributed by atoms with E-state index in [0.29, 0.717) is 16.7 Å². The zero-order valence-electron chi connectivity index (χ0n) is 20.5. The average Bonchev–Trinajstić information content (AvgIpc) is 3.18. The van der Waals surface area contributed by atoms with E-state index < -0.39 is 6.23 Å². The van der Waals surface area contributed by atoms with Crippen LogP contribution in [0.4, 0.5) is 11.5 Å². The first kappa shape index (κ1) is 22.8. The first-order valence-electron chi connectivity index (χ1n) is 12.5. The molecule has 6 rings (SSSR count). The average molecular weight is 500 g/mol. The van der Waals surface area contributed by atoms with Gasteiger partial charge in [0.25, 0.3) is 0 Å². The molecular weight excluding hydrogens is 470 g/mol. The van der Waals surface area contributed by atoms with E-state index in [1.54, 1.807) is 11.8 Å². The van der Waals surface area contributed by atoms with Crippen molar-refractivity contribution in [3.05, 3.63) is 65.9 Å². The Kier molecular flexibility index (Phi) is 6.23. The molecule has 2 aliphatic heterocycles. The zero-order chi connectivity index (χ0) is 24.5. The molecule has 4 aromatic rings. The number of hydrogen-bond acceptors (Lipinski definition) is 8. The van der Waals surface area contributed by atoms with Crippen molar-refractivity contribution < 1.29 is 4.74 Å². The van der Waals surface area contributed by atoms with Crippen LogP contribution in [0.25, 0.3) is 16.9 Å². The van der Waals surface area contributed by atoms with Crippen LogP contribution in [0.3, 0.4) is 0 Å². The molecule has 36 heavy (non-hydrogen) atoms. The number of aryl methyl sites for hydroxylation is 1. The van der Waals surface area contributed by atoms with E-state index in [9.17, 15) is 0 Å².